The lowest BCUT2D eigenvalue weighted by Gasteiger charge is -2.30. The van der Waals surface area contributed by atoms with Gasteiger partial charge in [0.25, 0.3) is 0 Å². The fourth-order valence-electron chi connectivity index (χ4n) is 4.47. The molecule has 0 unspecified atom stereocenters. The van der Waals surface area contributed by atoms with Gasteiger partial charge in [0.1, 0.15) is 18.1 Å². The fourth-order valence-corrected chi connectivity index (χ4v) is 6.03. The predicted molar refractivity (Wildman–Crippen MR) is 163 cm³/mol. The van der Waals surface area contributed by atoms with Crippen molar-refractivity contribution in [2.75, 3.05) is 31.1 Å². The third kappa shape index (κ3) is 7.57. The molecule has 0 aliphatic carbocycles. The average Bonchev–Trinajstić information content (AvgIpc) is 3.34. The number of nitrogens with zero attached hydrogens (tertiary/aromatic N) is 3. The summed E-state index contributed by atoms with van der Waals surface area (Å²) in [5.41, 5.74) is 5.09. The zero-order valence-electron chi connectivity index (χ0n) is 24.7. The SMILES string of the molecule is CCN(c1cccc(C)c1)S(=O)(=O)N(CC(=O)OC)Cc1ccc(OCCc2nc(-c3ccc(C)cc3)oc2C)cc1. The summed E-state index contributed by atoms with van der Waals surface area (Å²) in [4.78, 5) is 16.8. The molecule has 0 aliphatic rings. The fraction of sp³-hybridized carbons (Fsp3) is 0.312. The monoisotopic (exact) mass is 591 g/mol. The van der Waals surface area contributed by atoms with Crippen molar-refractivity contribution in [1.29, 1.82) is 0 Å². The highest BCUT2D eigenvalue weighted by Crippen LogP contribution is 2.25. The molecule has 4 aromatic rings. The van der Waals surface area contributed by atoms with Crippen LogP contribution in [0.5, 0.6) is 5.75 Å². The van der Waals surface area contributed by atoms with E-state index in [9.17, 15) is 13.2 Å². The number of rotatable bonds is 13. The molecule has 0 atom stereocenters. The van der Waals surface area contributed by atoms with Gasteiger partial charge in [-0.3, -0.25) is 9.10 Å². The molecule has 0 bridgehead atoms. The number of methoxy groups -OCH3 is 1. The van der Waals surface area contributed by atoms with Gasteiger partial charge in [-0.1, -0.05) is 42.0 Å². The lowest BCUT2D eigenvalue weighted by molar-refractivity contribution is -0.140. The third-order valence-corrected chi connectivity index (χ3v) is 8.73. The Balaban J connectivity index is 1.42. The molecule has 0 spiro atoms. The Kier molecular flexibility index (Phi) is 10.0. The number of ether oxygens (including phenoxy) is 2. The molecular weight excluding hydrogens is 554 g/mol. The largest absolute Gasteiger partial charge is 0.493 e. The molecule has 0 N–H and O–H groups in total. The summed E-state index contributed by atoms with van der Waals surface area (Å²) in [5.74, 6) is 1.33. The van der Waals surface area contributed by atoms with E-state index in [0.717, 1.165) is 26.9 Å². The van der Waals surface area contributed by atoms with Crippen molar-refractivity contribution in [2.45, 2.75) is 40.7 Å². The maximum Gasteiger partial charge on any atom is 0.321 e. The predicted octanol–water partition coefficient (Wildman–Crippen LogP) is 5.63. The van der Waals surface area contributed by atoms with Crippen LogP contribution in [0.3, 0.4) is 0 Å². The number of hydrogen-bond donors (Lipinski definition) is 0. The Morgan fingerprint density at radius 1 is 0.952 bits per heavy atom. The van der Waals surface area contributed by atoms with E-state index in [-0.39, 0.29) is 13.1 Å². The highest BCUT2D eigenvalue weighted by atomic mass is 32.2. The van der Waals surface area contributed by atoms with Gasteiger partial charge in [0.2, 0.25) is 5.89 Å². The van der Waals surface area contributed by atoms with Crippen molar-refractivity contribution in [3.63, 3.8) is 0 Å². The summed E-state index contributed by atoms with van der Waals surface area (Å²) in [6, 6.07) is 22.4. The number of carbonyl (C=O) groups is 1. The molecule has 0 radical (unpaired) electrons. The van der Waals surface area contributed by atoms with Crippen molar-refractivity contribution >= 4 is 21.9 Å². The summed E-state index contributed by atoms with van der Waals surface area (Å²) in [6.45, 7) is 7.75. The zero-order chi connectivity index (χ0) is 30.3. The van der Waals surface area contributed by atoms with Crippen LogP contribution in [0.25, 0.3) is 11.5 Å². The second-order valence-corrected chi connectivity index (χ2v) is 11.8. The van der Waals surface area contributed by atoms with E-state index in [2.05, 4.69) is 4.98 Å². The zero-order valence-corrected chi connectivity index (χ0v) is 25.5. The molecular formula is C32H37N3O6S. The quantitative estimate of drug-likeness (QED) is 0.186. The highest BCUT2D eigenvalue weighted by Gasteiger charge is 2.31. The van der Waals surface area contributed by atoms with Crippen LogP contribution < -0.4 is 9.04 Å². The minimum atomic E-state index is -4.05. The van der Waals surface area contributed by atoms with E-state index >= 15 is 0 Å². The number of benzene rings is 3. The molecule has 0 amide bonds. The Hall–Kier alpha value is -4.15. The summed E-state index contributed by atoms with van der Waals surface area (Å²) in [6.07, 6.45) is 0.569. The van der Waals surface area contributed by atoms with Gasteiger partial charge in [0.15, 0.2) is 0 Å². The maximum absolute atomic E-state index is 13.7. The molecule has 0 saturated heterocycles. The number of oxazole rings is 1. The van der Waals surface area contributed by atoms with Gasteiger partial charge < -0.3 is 13.9 Å². The molecule has 3 aromatic carbocycles. The molecule has 0 aliphatic heterocycles. The summed E-state index contributed by atoms with van der Waals surface area (Å²) in [5, 5.41) is 0. The van der Waals surface area contributed by atoms with Crippen LogP contribution >= 0.6 is 0 Å². The Morgan fingerprint density at radius 2 is 1.67 bits per heavy atom. The van der Waals surface area contributed by atoms with Gasteiger partial charge in [-0.05, 0) is 75.2 Å². The molecule has 10 heteroatoms. The first-order chi connectivity index (χ1) is 20.1. The van der Waals surface area contributed by atoms with E-state index < -0.39 is 22.7 Å². The molecule has 222 valence electrons. The number of esters is 1. The van der Waals surface area contributed by atoms with Gasteiger partial charge in [0.05, 0.1) is 25.1 Å². The second-order valence-electron chi connectivity index (χ2n) is 9.99. The van der Waals surface area contributed by atoms with E-state index in [0.29, 0.717) is 35.9 Å². The third-order valence-electron chi connectivity index (χ3n) is 6.80. The van der Waals surface area contributed by atoms with Crippen molar-refractivity contribution in [1.82, 2.24) is 9.29 Å². The maximum atomic E-state index is 13.7. The van der Waals surface area contributed by atoms with Gasteiger partial charge >= 0.3 is 16.2 Å². The number of aromatic nitrogens is 1. The molecule has 42 heavy (non-hydrogen) atoms. The average molecular weight is 592 g/mol. The van der Waals surface area contributed by atoms with E-state index in [1.165, 1.54) is 17.0 Å². The molecule has 1 aromatic heterocycles. The highest BCUT2D eigenvalue weighted by molar-refractivity contribution is 7.90. The smallest absolute Gasteiger partial charge is 0.321 e. The second kappa shape index (κ2) is 13.7. The van der Waals surface area contributed by atoms with Crippen LogP contribution in [-0.2, 0) is 32.7 Å². The first kappa shape index (κ1) is 30.8. The Morgan fingerprint density at radius 3 is 2.31 bits per heavy atom. The van der Waals surface area contributed by atoms with Crippen molar-refractivity contribution in [3.05, 3.63) is 101 Å². The summed E-state index contributed by atoms with van der Waals surface area (Å²) >= 11 is 0. The summed E-state index contributed by atoms with van der Waals surface area (Å²) < 4.78 is 46.4. The molecule has 9 nitrogen and oxygen atoms in total. The van der Waals surface area contributed by atoms with E-state index in [1.54, 1.807) is 49.4 Å². The normalized spacial score (nSPS) is 11.5. The van der Waals surface area contributed by atoms with Crippen LogP contribution in [0, 0.1) is 20.8 Å². The van der Waals surface area contributed by atoms with E-state index in [4.69, 9.17) is 13.9 Å². The Labute approximate surface area is 247 Å². The van der Waals surface area contributed by atoms with Crippen molar-refractivity contribution in [3.8, 4) is 17.2 Å². The van der Waals surface area contributed by atoms with Gasteiger partial charge in [-0.25, -0.2) is 4.98 Å². The van der Waals surface area contributed by atoms with Gasteiger partial charge in [-0.2, -0.15) is 12.7 Å². The van der Waals surface area contributed by atoms with Gasteiger partial charge in [-0.15, -0.1) is 0 Å². The first-order valence-electron chi connectivity index (χ1n) is 13.8. The van der Waals surface area contributed by atoms with Crippen LogP contribution in [-0.4, -0.2) is 50.5 Å². The summed E-state index contributed by atoms with van der Waals surface area (Å²) in [7, 11) is -2.81. The van der Waals surface area contributed by atoms with Crippen LogP contribution in [0.2, 0.25) is 0 Å². The number of anilines is 1. The molecule has 1 heterocycles. The van der Waals surface area contributed by atoms with Crippen LogP contribution in [0.4, 0.5) is 5.69 Å². The van der Waals surface area contributed by atoms with Crippen LogP contribution in [0.1, 0.15) is 35.1 Å². The number of hydrogen-bond acceptors (Lipinski definition) is 7. The number of aryl methyl sites for hydroxylation is 3. The standard InChI is InChI=1S/C32H37N3O6S/c1-6-35(28-9-7-8-24(3)20-28)42(37,38)34(22-31(36)39-5)21-26-12-16-29(17-13-26)40-19-18-30-25(4)41-32(33-30)27-14-10-23(2)11-15-27/h7-17,20H,6,18-19,21-22H2,1-5H3. The van der Waals surface area contributed by atoms with Crippen molar-refractivity contribution in [2.24, 2.45) is 0 Å². The first-order valence-corrected chi connectivity index (χ1v) is 15.2. The van der Waals surface area contributed by atoms with Crippen molar-refractivity contribution < 1.29 is 27.1 Å². The van der Waals surface area contributed by atoms with Gasteiger partial charge in [0, 0.05) is 25.1 Å². The molecule has 0 saturated carbocycles. The minimum Gasteiger partial charge on any atom is -0.493 e. The minimum absolute atomic E-state index is 0.0139. The van der Waals surface area contributed by atoms with Crippen LogP contribution in [0.15, 0.2) is 77.2 Å². The molecule has 4 rings (SSSR count). The topological polar surface area (TPSA) is 102 Å². The lowest BCUT2D eigenvalue weighted by atomic mass is 10.1. The number of carbonyl (C=O) groups excluding carboxylic acids is 1. The lowest BCUT2D eigenvalue weighted by Crippen LogP contribution is -2.46. The Bertz CT molecular complexity index is 1600. The molecule has 0 fully saturated rings. The van der Waals surface area contributed by atoms with E-state index in [1.807, 2.05) is 51.1 Å².